The van der Waals surface area contributed by atoms with E-state index in [0.717, 1.165) is 5.82 Å². The standard InChI is InChI=1S/C5H9ClN4/c1-7-3-4-8-5(6)9-10(4)2/h7H,3H2,1-2H3. The zero-order valence-electron chi connectivity index (χ0n) is 5.93. The smallest absolute Gasteiger partial charge is 0.242 e. The molecule has 0 aliphatic heterocycles. The molecule has 0 saturated heterocycles. The third kappa shape index (κ3) is 1.46. The molecule has 0 aromatic carbocycles. The van der Waals surface area contributed by atoms with Crippen molar-refractivity contribution in [2.75, 3.05) is 7.05 Å². The highest BCUT2D eigenvalue weighted by atomic mass is 35.5. The number of nitrogens with one attached hydrogen (secondary N) is 1. The van der Waals surface area contributed by atoms with Crippen LogP contribution in [0.2, 0.25) is 5.28 Å². The van der Waals surface area contributed by atoms with Crippen LogP contribution in [0.1, 0.15) is 5.82 Å². The lowest BCUT2D eigenvalue weighted by Crippen LogP contribution is -2.10. The Morgan fingerprint density at radius 3 is 2.80 bits per heavy atom. The van der Waals surface area contributed by atoms with E-state index in [1.807, 2.05) is 14.1 Å². The van der Waals surface area contributed by atoms with Gasteiger partial charge in [0.25, 0.3) is 0 Å². The number of rotatable bonds is 2. The molecule has 1 aromatic heterocycles. The average molecular weight is 161 g/mol. The van der Waals surface area contributed by atoms with Gasteiger partial charge in [0.15, 0.2) is 0 Å². The maximum absolute atomic E-state index is 5.53. The molecule has 0 aliphatic carbocycles. The topological polar surface area (TPSA) is 42.7 Å². The zero-order valence-corrected chi connectivity index (χ0v) is 6.68. The first-order valence-electron chi connectivity index (χ1n) is 2.94. The lowest BCUT2D eigenvalue weighted by atomic mass is 10.6. The van der Waals surface area contributed by atoms with Gasteiger partial charge in [0.2, 0.25) is 5.28 Å². The van der Waals surface area contributed by atoms with E-state index in [2.05, 4.69) is 15.4 Å². The van der Waals surface area contributed by atoms with Crippen molar-refractivity contribution >= 4 is 11.6 Å². The van der Waals surface area contributed by atoms with Gasteiger partial charge in [0.05, 0.1) is 6.54 Å². The average Bonchev–Trinajstić information content (AvgIpc) is 2.13. The minimum atomic E-state index is 0.299. The van der Waals surface area contributed by atoms with Crippen molar-refractivity contribution in [2.24, 2.45) is 7.05 Å². The van der Waals surface area contributed by atoms with Gasteiger partial charge < -0.3 is 5.32 Å². The van der Waals surface area contributed by atoms with Gasteiger partial charge in [-0.05, 0) is 18.6 Å². The van der Waals surface area contributed by atoms with Crippen molar-refractivity contribution in [3.8, 4) is 0 Å². The van der Waals surface area contributed by atoms with Crippen molar-refractivity contribution < 1.29 is 0 Å². The van der Waals surface area contributed by atoms with Gasteiger partial charge in [-0.3, -0.25) is 4.68 Å². The maximum atomic E-state index is 5.53. The van der Waals surface area contributed by atoms with Crippen molar-refractivity contribution in [3.05, 3.63) is 11.1 Å². The molecule has 0 amide bonds. The molecule has 0 aliphatic rings. The summed E-state index contributed by atoms with van der Waals surface area (Å²) in [5.41, 5.74) is 0. The molecule has 1 rings (SSSR count). The fourth-order valence-corrected chi connectivity index (χ4v) is 0.906. The van der Waals surface area contributed by atoms with Crippen LogP contribution in [0.5, 0.6) is 0 Å². The van der Waals surface area contributed by atoms with Crippen LogP contribution in [0.4, 0.5) is 0 Å². The molecule has 0 saturated carbocycles. The molecular formula is C5H9ClN4. The highest BCUT2D eigenvalue weighted by Crippen LogP contribution is 2.00. The molecule has 0 fully saturated rings. The van der Waals surface area contributed by atoms with Crippen molar-refractivity contribution in [1.29, 1.82) is 0 Å². The molecule has 56 valence electrons. The van der Waals surface area contributed by atoms with Crippen LogP contribution >= 0.6 is 11.6 Å². The Morgan fingerprint density at radius 1 is 1.70 bits per heavy atom. The van der Waals surface area contributed by atoms with Crippen LogP contribution in [0.25, 0.3) is 0 Å². The number of hydrogen-bond acceptors (Lipinski definition) is 3. The van der Waals surface area contributed by atoms with Crippen LogP contribution in [0.3, 0.4) is 0 Å². The lowest BCUT2D eigenvalue weighted by Gasteiger charge is -1.95. The summed E-state index contributed by atoms with van der Waals surface area (Å²) in [6.45, 7) is 0.691. The molecular weight excluding hydrogens is 152 g/mol. The highest BCUT2D eigenvalue weighted by Gasteiger charge is 2.01. The maximum Gasteiger partial charge on any atom is 0.242 e. The Morgan fingerprint density at radius 2 is 2.40 bits per heavy atom. The molecule has 1 N–H and O–H groups in total. The fraction of sp³-hybridized carbons (Fsp3) is 0.600. The van der Waals surface area contributed by atoms with E-state index < -0.39 is 0 Å². The molecule has 0 bridgehead atoms. The number of hydrogen-bond donors (Lipinski definition) is 1. The predicted molar refractivity (Wildman–Crippen MR) is 38.8 cm³/mol. The van der Waals surface area contributed by atoms with Gasteiger partial charge >= 0.3 is 0 Å². The molecule has 4 nitrogen and oxygen atoms in total. The second kappa shape index (κ2) is 2.98. The number of aryl methyl sites for hydroxylation is 1. The van der Waals surface area contributed by atoms with Crippen molar-refractivity contribution in [1.82, 2.24) is 20.1 Å². The second-order valence-electron chi connectivity index (χ2n) is 1.95. The van der Waals surface area contributed by atoms with E-state index in [9.17, 15) is 0 Å². The van der Waals surface area contributed by atoms with Crippen molar-refractivity contribution in [2.45, 2.75) is 6.54 Å². The first-order valence-corrected chi connectivity index (χ1v) is 3.32. The molecule has 1 heterocycles. The number of aromatic nitrogens is 3. The molecule has 0 atom stereocenters. The first-order chi connectivity index (χ1) is 4.74. The predicted octanol–water partition coefficient (Wildman–Crippen LogP) is 0.188. The summed E-state index contributed by atoms with van der Waals surface area (Å²) >= 11 is 5.53. The number of nitrogens with zero attached hydrogens (tertiary/aromatic N) is 3. The van der Waals surface area contributed by atoms with E-state index in [0.29, 0.717) is 11.8 Å². The van der Waals surface area contributed by atoms with Crippen molar-refractivity contribution in [3.63, 3.8) is 0 Å². The molecule has 0 unspecified atom stereocenters. The Labute approximate surface area is 64.2 Å². The van der Waals surface area contributed by atoms with E-state index >= 15 is 0 Å². The normalized spacial score (nSPS) is 10.3. The Hall–Kier alpha value is -0.610. The summed E-state index contributed by atoms with van der Waals surface area (Å²) in [5, 5.41) is 7.12. The third-order valence-electron chi connectivity index (χ3n) is 1.16. The van der Waals surface area contributed by atoms with E-state index in [1.165, 1.54) is 0 Å². The van der Waals surface area contributed by atoms with Gasteiger partial charge in [-0.2, -0.15) is 0 Å². The van der Waals surface area contributed by atoms with Crippen LogP contribution in [0.15, 0.2) is 0 Å². The summed E-state index contributed by atoms with van der Waals surface area (Å²) in [6, 6.07) is 0. The van der Waals surface area contributed by atoms with Gasteiger partial charge in [-0.1, -0.05) is 0 Å². The van der Waals surface area contributed by atoms with E-state index in [-0.39, 0.29) is 0 Å². The summed E-state index contributed by atoms with van der Waals surface area (Å²) in [6.07, 6.45) is 0. The van der Waals surface area contributed by atoms with E-state index in [4.69, 9.17) is 11.6 Å². The summed E-state index contributed by atoms with van der Waals surface area (Å²) in [5.74, 6) is 0.840. The minimum Gasteiger partial charge on any atom is -0.313 e. The zero-order chi connectivity index (χ0) is 7.56. The van der Waals surface area contributed by atoms with E-state index in [1.54, 1.807) is 4.68 Å². The molecule has 10 heavy (non-hydrogen) atoms. The van der Waals surface area contributed by atoms with Gasteiger partial charge in [0, 0.05) is 7.05 Å². The van der Waals surface area contributed by atoms with Crippen LogP contribution < -0.4 is 5.32 Å². The summed E-state index contributed by atoms with van der Waals surface area (Å²) < 4.78 is 1.65. The minimum absolute atomic E-state index is 0.299. The van der Waals surface area contributed by atoms with Gasteiger partial charge in [0.1, 0.15) is 5.82 Å². The Balaban J connectivity index is 2.81. The van der Waals surface area contributed by atoms with Crippen LogP contribution in [-0.4, -0.2) is 21.8 Å². The Bertz CT molecular complexity index is 219. The highest BCUT2D eigenvalue weighted by molar-refractivity contribution is 6.28. The lowest BCUT2D eigenvalue weighted by molar-refractivity contribution is 0.659. The molecule has 0 spiro atoms. The number of halogens is 1. The Kier molecular flexibility index (Phi) is 2.24. The summed E-state index contributed by atoms with van der Waals surface area (Å²) in [4.78, 5) is 3.95. The van der Waals surface area contributed by atoms with Gasteiger partial charge in [-0.15, -0.1) is 5.10 Å². The SMILES string of the molecule is CNCc1nc(Cl)nn1C. The molecule has 1 aromatic rings. The first kappa shape index (κ1) is 7.50. The van der Waals surface area contributed by atoms with Crippen LogP contribution in [0, 0.1) is 0 Å². The molecule has 5 heteroatoms. The second-order valence-corrected chi connectivity index (χ2v) is 2.29. The van der Waals surface area contributed by atoms with Crippen LogP contribution in [-0.2, 0) is 13.6 Å². The largest absolute Gasteiger partial charge is 0.313 e. The third-order valence-corrected chi connectivity index (χ3v) is 1.32. The molecule has 0 radical (unpaired) electrons. The monoisotopic (exact) mass is 160 g/mol. The summed E-state index contributed by atoms with van der Waals surface area (Å²) in [7, 11) is 3.66. The quantitative estimate of drug-likeness (QED) is 0.672. The fourth-order valence-electron chi connectivity index (χ4n) is 0.695. The van der Waals surface area contributed by atoms with Gasteiger partial charge in [-0.25, -0.2) is 4.98 Å².